The van der Waals surface area contributed by atoms with Crippen molar-refractivity contribution < 1.29 is 9.53 Å². The van der Waals surface area contributed by atoms with Crippen LogP contribution < -0.4 is 0 Å². The number of thiocarbonyl (C=S) groups is 1. The fraction of sp³-hybridized carbons (Fsp3) is 0.692. The zero-order valence-electron chi connectivity index (χ0n) is 11.3. The zero-order chi connectivity index (χ0) is 13.7. The number of carbonyl (C=O) groups excluding carboxylic acids is 1. The summed E-state index contributed by atoms with van der Waals surface area (Å²) >= 11 is 6.72. The molecule has 0 aromatic heterocycles. The molecular weight excluding hydrogens is 280 g/mol. The van der Waals surface area contributed by atoms with Crippen LogP contribution in [0.15, 0.2) is 11.1 Å². The molecule has 1 amide bonds. The van der Waals surface area contributed by atoms with Gasteiger partial charge in [0, 0.05) is 25.8 Å². The highest BCUT2D eigenvalue weighted by molar-refractivity contribution is 8.26. The molecule has 2 rings (SSSR count). The van der Waals surface area contributed by atoms with Gasteiger partial charge in [0.25, 0.3) is 5.91 Å². The highest BCUT2D eigenvalue weighted by Gasteiger charge is 2.32. The zero-order valence-corrected chi connectivity index (χ0v) is 12.9. The van der Waals surface area contributed by atoms with Gasteiger partial charge in [0.1, 0.15) is 4.32 Å². The van der Waals surface area contributed by atoms with Gasteiger partial charge >= 0.3 is 0 Å². The Morgan fingerprint density at radius 1 is 1.37 bits per heavy atom. The van der Waals surface area contributed by atoms with E-state index in [1.807, 2.05) is 6.20 Å². The van der Waals surface area contributed by atoms with Gasteiger partial charge in [-0.1, -0.05) is 43.7 Å². The molecule has 0 aromatic carbocycles. The van der Waals surface area contributed by atoms with E-state index in [1.54, 1.807) is 4.90 Å². The Kier molecular flexibility index (Phi) is 5.66. The molecule has 0 atom stereocenters. The Hall–Kier alpha value is -0.590. The highest BCUT2D eigenvalue weighted by Crippen LogP contribution is 2.31. The van der Waals surface area contributed by atoms with Gasteiger partial charge in [0.2, 0.25) is 0 Å². The predicted molar refractivity (Wildman–Crippen MR) is 81.9 cm³/mol. The molecular formula is C13H20N2O2S2. The Balaban J connectivity index is 1.94. The summed E-state index contributed by atoms with van der Waals surface area (Å²) in [5.74, 6) is 0.0672. The normalized spacial score (nSPS) is 22.7. The van der Waals surface area contributed by atoms with Crippen LogP contribution in [0.2, 0.25) is 0 Å². The first kappa shape index (κ1) is 14.8. The van der Waals surface area contributed by atoms with Crippen molar-refractivity contribution in [1.82, 2.24) is 9.80 Å². The summed E-state index contributed by atoms with van der Waals surface area (Å²) in [4.78, 5) is 16.9. The molecule has 2 aliphatic heterocycles. The molecule has 19 heavy (non-hydrogen) atoms. The summed E-state index contributed by atoms with van der Waals surface area (Å²) < 4.78 is 5.99. The quantitative estimate of drug-likeness (QED) is 0.442. The smallest absolute Gasteiger partial charge is 0.267 e. The van der Waals surface area contributed by atoms with Gasteiger partial charge in [-0.15, -0.1) is 0 Å². The monoisotopic (exact) mass is 300 g/mol. The van der Waals surface area contributed by atoms with E-state index in [0.29, 0.717) is 4.32 Å². The number of hydrogen-bond donors (Lipinski definition) is 0. The Labute approximate surface area is 124 Å². The van der Waals surface area contributed by atoms with Crippen molar-refractivity contribution in [3.05, 3.63) is 11.1 Å². The van der Waals surface area contributed by atoms with E-state index in [1.165, 1.54) is 11.8 Å². The van der Waals surface area contributed by atoms with Gasteiger partial charge in [-0.05, 0) is 6.42 Å². The van der Waals surface area contributed by atoms with Crippen LogP contribution in [0.1, 0.15) is 26.2 Å². The number of amides is 1. The van der Waals surface area contributed by atoms with Crippen LogP contribution >= 0.6 is 24.0 Å². The standard InChI is InChI=1S/C13H20N2O2S2/c1-2-3-4-5-15-12(16)11(19-13(15)18)10-14-6-8-17-9-7-14/h10H,2-9H2,1H3/b11-10-. The maximum Gasteiger partial charge on any atom is 0.267 e. The van der Waals surface area contributed by atoms with E-state index in [0.717, 1.165) is 57.0 Å². The maximum absolute atomic E-state index is 12.3. The van der Waals surface area contributed by atoms with Crippen LogP contribution in [0.5, 0.6) is 0 Å². The third-order valence-corrected chi connectivity index (χ3v) is 4.57. The molecule has 0 aliphatic carbocycles. The second kappa shape index (κ2) is 7.26. The first-order chi connectivity index (χ1) is 9.22. The van der Waals surface area contributed by atoms with E-state index in [2.05, 4.69) is 11.8 Å². The van der Waals surface area contributed by atoms with Crippen LogP contribution in [0.4, 0.5) is 0 Å². The predicted octanol–water partition coefficient (Wildman–Crippen LogP) is 2.21. The number of rotatable bonds is 5. The summed E-state index contributed by atoms with van der Waals surface area (Å²) in [6, 6.07) is 0. The Bertz CT molecular complexity index is 379. The number of hydrogen-bond acceptors (Lipinski definition) is 5. The van der Waals surface area contributed by atoms with Crippen LogP contribution in [0.25, 0.3) is 0 Å². The van der Waals surface area contributed by atoms with Crippen LogP contribution in [-0.2, 0) is 9.53 Å². The summed E-state index contributed by atoms with van der Waals surface area (Å²) in [5, 5.41) is 0. The summed E-state index contributed by atoms with van der Waals surface area (Å²) in [7, 11) is 0. The second-order valence-electron chi connectivity index (χ2n) is 4.67. The lowest BCUT2D eigenvalue weighted by Crippen LogP contribution is -2.33. The molecule has 0 unspecified atom stereocenters. The van der Waals surface area contributed by atoms with Gasteiger partial charge in [0.05, 0.1) is 18.1 Å². The topological polar surface area (TPSA) is 32.8 Å². The number of unbranched alkanes of at least 4 members (excludes halogenated alkanes) is 2. The molecule has 2 fully saturated rings. The highest BCUT2D eigenvalue weighted by atomic mass is 32.2. The molecule has 106 valence electrons. The van der Waals surface area contributed by atoms with Gasteiger partial charge in [-0.2, -0.15) is 0 Å². The van der Waals surface area contributed by atoms with Gasteiger partial charge in [0.15, 0.2) is 0 Å². The second-order valence-corrected chi connectivity index (χ2v) is 6.35. The maximum atomic E-state index is 12.3. The third kappa shape index (κ3) is 3.94. The van der Waals surface area contributed by atoms with Crippen molar-refractivity contribution in [1.29, 1.82) is 0 Å². The lowest BCUT2D eigenvalue weighted by molar-refractivity contribution is -0.122. The Morgan fingerprint density at radius 3 is 2.79 bits per heavy atom. The average molecular weight is 300 g/mol. The molecule has 2 aliphatic rings. The lowest BCUT2D eigenvalue weighted by atomic mass is 10.2. The van der Waals surface area contributed by atoms with Crippen molar-refractivity contribution >= 4 is 34.2 Å². The third-order valence-electron chi connectivity index (χ3n) is 3.20. The molecule has 2 saturated heterocycles. The van der Waals surface area contributed by atoms with Crippen molar-refractivity contribution in [2.45, 2.75) is 26.2 Å². The van der Waals surface area contributed by atoms with Crippen molar-refractivity contribution in [2.75, 3.05) is 32.8 Å². The molecule has 0 N–H and O–H groups in total. The van der Waals surface area contributed by atoms with Crippen LogP contribution in [0.3, 0.4) is 0 Å². The van der Waals surface area contributed by atoms with E-state index in [-0.39, 0.29) is 5.91 Å². The molecule has 0 saturated carbocycles. The molecule has 0 bridgehead atoms. The molecule has 0 spiro atoms. The minimum absolute atomic E-state index is 0.0672. The largest absolute Gasteiger partial charge is 0.378 e. The first-order valence-corrected chi connectivity index (χ1v) is 8.02. The number of nitrogens with zero attached hydrogens (tertiary/aromatic N) is 2. The number of carbonyl (C=O) groups is 1. The van der Waals surface area contributed by atoms with E-state index >= 15 is 0 Å². The average Bonchev–Trinajstić information content (AvgIpc) is 2.68. The minimum Gasteiger partial charge on any atom is -0.378 e. The van der Waals surface area contributed by atoms with E-state index in [4.69, 9.17) is 17.0 Å². The first-order valence-electron chi connectivity index (χ1n) is 6.79. The fourth-order valence-corrected chi connectivity index (χ4v) is 3.39. The van der Waals surface area contributed by atoms with Crippen LogP contribution in [0, 0.1) is 0 Å². The van der Waals surface area contributed by atoms with Gasteiger partial charge in [-0.3, -0.25) is 9.69 Å². The van der Waals surface area contributed by atoms with Crippen LogP contribution in [-0.4, -0.2) is 52.9 Å². The van der Waals surface area contributed by atoms with Crippen molar-refractivity contribution in [3.63, 3.8) is 0 Å². The molecule has 2 heterocycles. The van der Waals surface area contributed by atoms with Gasteiger partial charge < -0.3 is 9.64 Å². The summed E-state index contributed by atoms with van der Waals surface area (Å²) in [5.41, 5.74) is 0. The van der Waals surface area contributed by atoms with Gasteiger partial charge in [-0.25, -0.2) is 0 Å². The number of ether oxygens (including phenoxy) is 1. The van der Waals surface area contributed by atoms with Crippen molar-refractivity contribution in [3.8, 4) is 0 Å². The Morgan fingerprint density at radius 2 is 2.11 bits per heavy atom. The number of thioether (sulfide) groups is 1. The SMILES string of the molecule is CCCCCN1C(=O)/C(=C/N2CCOCC2)SC1=S. The van der Waals surface area contributed by atoms with E-state index < -0.39 is 0 Å². The number of morpholine rings is 1. The van der Waals surface area contributed by atoms with E-state index in [9.17, 15) is 4.79 Å². The minimum atomic E-state index is 0.0672. The summed E-state index contributed by atoms with van der Waals surface area (Å²) in [6.07, 6.45) is 5.26. The molecule has 0 radical (unpaired) electrons. The molecule has 0 aromatic rings. The molecule has 6 heteroatoms. The molecule has 4 nitrogen and oxygen atoms in total. The lowest BCUT2D eigenvalue weighted by Gasteiger charge is -2.25. The fourth-order valence-electron chi connectivity index (χ4n) is 2.08. The van der Waals surface area contributed by atoms with Crippen molar-refractivity contribution in [2.24, 2.45) is 0 Å². The summed E-state index contributed by atoms with van der Waals surface area (Å²) in [6.45, 7) is 6.06.